The fourth-order valence-corrected chi connectivity index (χ4v) is 6.48. The molecule has 4 rings (SSSR count). The molecule has 0 amide bonds. The van der Waals surface area contributed by atoms with Gasteiger partial charge in [0.05, 0.1) is 11.5 Å². The average Bonchev–Trinajstić information content (AvgIpc) is 3.39. The number of likely N-dealkylation sites (tertiary alicyclic amines) is 1. The van der Waals surface area contributed by atoms with Gasteiger partial charge in [-0.3, -0.25) is 4.99 Å². The maximum absolute atomic E-state index is 13.2. The summed E-state index contributed by atoms with van der Waals surface area (Å²) in [7, 11) is -1.67. The van der Waals surface area contributed by atoms with E-state index in [1.54, 1.807) is 23.5 Å². The number of sulfonamides is 1. The lowest BCUT2D eigenvalue weighted by Gasteiger charge is -2.27. The summed E-state index contributed by atoms with van der Waals surface area (Å²) >= 11 is 0. The summed E-state index contributed by atoms with van der Waals surface area (Å²) in [6.07, 6.45) is 5.21. The van der Waals surface area contributed by atoms with Crippen LogP contribution in [0.2, 0.25) is 0 Å². The lowest BCUT2D eigenvalue weighted by Crippen LogP contribution is -2.41. The van der Waals surface area contributed by atoms with Gasteiger partial charge < -0.3 is 15.0 Å². The molecule has 0 bridgehead atoms. The van der Waals surface area contributed by atoms with Gasteiger partial charge in [-0.15, -0.1) is 0 Å². The van der Waals surface area contributed by atoms with Gasteiger partial charge in [0.1, 0.15) is 0 Å². The van der Waals surface area contributed by atoms with Crippen LogP contribution in [0.25, 0.3) is 0 Å². The van der Waals surface area contributed by atoms with Crippen LogP contribution < -0.4 is 5.32 Å². The van der Waals surface area contributed by atoms with E-state index in [-0.39, 0.29) is 5.41 Å². The number of nitrogens with zero attached hydrogens (tertiary/aromatic N) is 3. The SMILES string of the molecule is CN=C(NCc1ccccc1S(=O)(=O)N1CCCCC1)N1CCC2(CCOC2)C1. The van der Waals surface area contributed by atoms with E-state index < -0.39 is 10.0 Å². The topological polar surface area (TPSA) is 74.2 Å². The van der Waals surface area contributed by atoms with E-state index in [1.807, 2.05) is 12.1 Å². The third-order valence-corrected chi connectivity index (χ3v) is 8.48. The maximum Gasteiger partial charge on any atom is 0.243 e. The minimum Gasteiger partial charge on any atom is -0.381 e. The van der Waals surface area contributed by atoms with Gasteiger partial charge >= 0.3 is 0 Å². The maximum atomic E-state index is 13.2. The molecule has 0 saturated carbocycles. The Hall–Kier alpha value is -1.64. The van der Waals surface area contributed by atoms with Crippen molar-refractivity contribution in [3.8, 4) is 0 Å². The predicted molar refractivity (Wildman–Crippen MR) is 113 cm³/mol. The van der Waals surface area contributed by atoms with E-state index in [1.165, 1.54) is 0 Å². The quantitative estimate of drug-likeness (QED) is 0.596. The van der Waals surface area contributed by atoms with Crippen molar-refractivity contribution in [2.45, 2.75) is 43.5 Å². The molecule has 1 spiro atoms. The summed E-state index contributed by atoms with van der Waals surface area (Å²) in [5, 5.41) is 3.40. The first-order valence-corrected chi connectivity index (χ1v) is 12.1. The molecule has 29 heavy (non-hydrogen) atoms. The van der Waals surface area contributed by atoms with Gasteiger partial charge in [0.2, 0.25) is 10.0 Å². The normalized spacial score (nSPS) is 26.4. The Labute approximate surface area is 174 Å². The summed E-state index contributed by atoms with van der Waals surface area (Å²) in [6.45, 7) is 5.25. The van der Waals surface area contributed by atoms with Crippen LogP contribution in [0.3, 0.4) is 0 Å². The lowest BCUT2D eigenvalue weighted by molar-refractivity contribution is 0.156. The van der Waals surface area contributed by atoms with Crippen LogP contribution in [0.5, 0.6) is 0 Å². The number of nitrogens with one attached hydrogen (secondary N) is 1. The molecule has 0 aromatic heterocycles. The summed E-state index contributed by atoms with van der Waals surface area (Å²) in [5.74, 6) is 0.832. The molecule has 0 radical (unpaired) electrons. The minimum absolute atomic E-state index is 0.257. The standard InChI is InChI=1S/C21H32N4O3S/c1-22-20(24-13-9-21(16-24)10-14-28-17-21)23-15-18-7-3-4-8-19(18)29(26,27)25-11-5-2-6-12-25/h3-4,7-8H,2,5-6,9-17H2,1H3,(H,22,23). The van der Waals surface area contributed by atoms with Gasteiger partial charge in [-0.05, 0) is 37.3 Å². The van der Waals surface area contributed by atoms with Crippen molar-refractivity contribution >= 4 is 16.0 Å². The van der Waals surface area contributed by atoms with Crippen molar-refractivity contribution in [1.29, 1.82) is 0 Å². The largest absolute Gasteiger partial charge is 0.381 e. The Kier molecular flexibility index (Phi) is 6.13. The molecule has 1 atom stereocenters. The van der Waals surface area contributed by atoms with E-state index in [9.17, 15) is 8.42 Å². The molecule has 8 heteroatoms. The second-order valence-electron chi connectivity index (χ2n) is 8.45. The molecule has 160 valence electrons. The van der Waals surface area contributed by atoms with Crippen molar-refractivity contribution in [3.63, 3.8) is 0 Å². The Morgan fingerprint density at radius 1 is 1.17 bits per heavy atom. The first-order chi connectivity index (χ1) is 14.0. The molecule has 1 aromatic carbocycles. The fraction of sp³-hybridized carbons (Fsp3) is 0.667. The highest BCUT2D eigenvalue weighted by atomic mass is 32.2. The highest BCUT2D eigenvalue weighted by molar-refractivity contribution is 7.89. The molecule has 3 fully saturated rings. The summed E-state index contributed by atoms with van der Waals surface area (Å²) < 4.78 is 33.6. The van der Waals surface area contributed by atoms with Gasteiger partial charge in [0, 0.05) is 51.8 Å². The van der Waals surface area contributed by atoms with Crippen molar-refractivity contribution in [2.24, 2.45) is 10.4 Å². The lowest BCUT2D eigenvalue weighted by atomic mass is 9.87. The Bertz CT molecular complexity index is 843. The van der Waals surface area contributed by atoms with Crippen LogP contribution in [0.1, 0.15) is 37.7 Å². The predicted octanol–water partition coefficient (Wildman–Crippen LogP) is 2.05. The van der Waals surface area contributed by atoms with Crippen LogP contribution >= 0.6 is 0 Å². The second-order valence-corrected chi connectivity index (χ2v) is 10.4. The van der Waals surface area contributed by atoms with E-state index >= 15 is 0 Å². The van der Waals surface area contributed by atoms with Crippen LogP contribution in [-0.2, 0) is 21.3 Å². The molecule has 0 aliphatic carbocycles. The van der Waals surface area contributed by atoms with Gasteiger partial charge in [0.25, 0.3) is 0 Å². The fourth-order valence-electron chi connectivity index (χ4n) is 4.74. The summed E-state index contributed by atoms with van der Waals surface area (Å²) in [4.78, 5) is 7.14. The monoisotopic (exact) mass is 420 g/mol. The van der Waals surface area contributed by atoms with Crippen molar-refractivity contribution < 1.29 is 13.2 Å². The molecule has 3 heterocycles. The van der Waals surface area contributed by atoms with E-state index in [2.05, 4.69) is 15.2 Å². The van der Waals surface area contributed by atoms with Crippen molar-refractivity contribution in [2.75, 3.05) is 46.4 Å². The van der Waals surface area contributed by atoms with Gasteiger partial charge in [-0.2, -0.15) is 4.31 Å². The number of benzene rings is 1. The second kappa shape index (κ2) is 8.62. The van der Waals surface area contributed by atoms with E-state index in [4.69, 9.17) is 4.74 Å². The number of aliphatic imine (C=N–C) groups is 1. The number of hydrogen-bond donors (Lipinski definition) is 1. The molecular formula is C21H32N4O3S. The molecule has 7 nitrogen and oxygen atoms in total. The summed E-state index contributed by atoms with van der Waals surface area (Å²) in [5.41, 5.74) is 1.05. The van der Waals surface area contributed by atoms with Gasteiger partial charge in [-0.1, -0.05) is 24.6 Å². The third-order valence-electron chi connectivity index (χ3n) is 6.48. The van der Waals surface area contributed by atoms with E-state index in [0.29, 0.717) is 24.5 Å². The van der Waals surface area contributed by atoms with Crippen LogP contribution in [-0.4, -0.2) is 70.0 Å². The zero-order valence-corrected chi connectivity index (χ0v) is 18.1. The van der Waals surface area contributed by atoms with Crippen molar-refractivity contribution in [3.05, 3.63) is 29.8 Å². The summed E-state index contributed by atoms with van der Waals surface area (Å²) in [6, 6.07) is 7.33. The Balaban J connectivity index is 1.46. The molecule has 3 saturated heterocycles. The zero-order valence-electron chi connectivity index (χ0n) is 17.3. The molecule has 1 unspecified atom stereocenters. The van der Waals surface area contributed by atoms with Crippen molar-refractivity contribution in [1.82, 2.24) is 14.5 Å². The Morgan fingerprint density at radius 3 is 2.69 bits per heavy atom. The molecule has 1 aromatic rings. The highest BCUT2D eigenvalue weighted by Gasteiger charge is 2.42. The Morgan fingerprint density at radius 2 is 1.97 bits per heavy atom. The van der Waals surface area contributed by atoms with Gasteiger partial charge in [0.15, 0.2) is 5.96 Å². The number of guanidine groups is 1. The first-order valence-electron chi connectivity index (χ1n) is 10.7. The minimum atomic E-state index is -3.46. The average molecular weight is 421 g/mol. The van der Waals surface area contributed by atoms with Crippen LogP contribution in [0.4, 0.5) is 0 Å². The molecule has 3 aliphatic rings. The third kappa shape index (κ3) is 4.29. The number of ether oxygens (including phenoxy) is 1. The molecular weight excluding hydrogens is 388 g/mol. The zero-order chi connectivity index (χ0) is 20.3. The molecule has 3 aliphatic heterocycles. The number of rotatable bonds is 4. The number of hydrogen-bond acceptors (Lipinski definition) is 4. The smallest absolute Gasteiger partial charge is 0.243 e. The first kappa shape index (κ1) is 20.6. The van der Waals surface area contributed by atoms with E-state index in [0.717, 1.165) is 69.9 Å². The van der Waals surface area contributed by atoms with Crippen LogP contribution in [0, 0.1) is 5.41 Å². The molecule has 1 N–H and O–H groups in total. The highest BCUT2D eigenvalue weighted by Crippen LogP contribution is 2.38. The number of piperidine rings is 1. The van der Waals surface area contributed by atoms with Crippen LogP contribution in [0.15, 0.2) is 34.2 Å². The van der Waals surface area contributed by atoms with Gasteiger partial charge in [-0.25, -0.2) is 8.42 Å².